The normalized spacial score (nSPS) is 24.4. The molecule has 1 saturated carbocycles. The first-order valence-corrected chi connectivity index (χ1v) is 6.76. The monoisotopic (exact) mass is 242 g/mol. The molecule has 0 radical (unpaired) electrons. The second kappa shape index (κ2) is 4.60. The summed E-state index contributed by atoms with van der Waals surface area (Å²) in [6.45, 7) is 0. The minimum absolute atomic E-state index is 0.110. The molecule has 2 nitrogen and oxygen atoms in total. The molecule has 2 heteroatoms. The van der Waals surface area contributed by atoms with Gasteiger partial charge in [-0.2, -0.15) is 0 Å². The molecule has 1 saturated heterocycles. The number of esters is 1. The van der Waals surface area contributed by atoms with Crippen LogP contribution in [0, 0.1) is 0 Å². The van der Waals surface area contributed by atoms with E-state index in [0.717, 1.165) is 30.4 Å². The van der Waals surface area contributed by atoms with Gasteiger partial charge in [-0.3, -0.25) is 0 Å². The van der Waals surface area contributed by atoms with Gasteiger partial charge in [0.1, 0.15) is 5.60 Å². The molecule has 1 spiro atoms. The first-order chi connectivity index (χ1) is 8.77. The number of carbonyl (C=O) groups excluding carboxylic acids is 1. The smallest absolute Gasteiger partial charge is 0.334 e. The lowest BCUT2D eigenvalue weighted by atomic mass is 9.82. The predicted octanol–water partition coefficient (Wildman–Crippen LogP) is 3.72. The molecular weight excluding hydrogens is 224 g/mol. The second-order valence-corrected chi connectivity index (χ2v) is 5.39. The van der Waals surface area contributed by atoms with Crippen LogP contribution in [0.5, 0.6) is 0 Å². The van der Waals surface area contributed by atoms with Gasteiger partial charge in [0.25, 0.3) is 0 Å². The molecule has 0 amide bonds. The summed E-state index contributed by atoms with van der Waals surface area (Å²) in [5.74, 6) is -0.110. The van der Waals surface area contributed by atoms with Gasteiger partial charge < -0.3 is 4.74 Å². The van der Waals surface area contributed by atoms with Gasteiger partial charge in [0.15, 0.2) is 0 Å². The van der Waals surface area contributed by atoms with E-state index in [1.807, 2.05) is 36.4 Å². The van der Waals surface area contributed by atoms with Gasteiger partial charge in [-0.05, 0) is 37.3 Å². The summed E-state index contributed by atoms with van der Waals surface area (Å²) >= 11 is 0. The van der Waals surface area contributed by atoms with E-state index in [4.69, 9.17) is 4.74 Å². The third-order valence-corrected chi connectivity index (χ3v) is 3.99. The van der Waals surface area contributed by atoms with E-state index >= 15 is 0 Å². The van der Waals surface area contributed by atoms with Crippen LogP contribution in [0.1, 0.15) is 44.1 Å². The zero-order chi connectivity index (χ0) is 12.4. The van der Waals surface area contributed by atoms with Crippen molar-refractivity contribution in [1.29, 1.82) is 0 Å². The van der Waals surface area contributed by atoms with Gasteiger partial charge in [0, 0.05) is 12.0 Å². The Morgan fingerprint density at radius 2 is 1.78 bits per heavy atom. The Bertz CT molecular complexity index is 467. The summed E-state index contributed by atoms with van der Waals surface area (Å²) in [6.07, 6.45) is 8.48. The molecule has 1 aromatic carbocycles. The van der Waals surface area contributed by atoms with Gasteiger partial charge in [-0.1, -0.05) is 36.8 Å². The van der Waals surface area contributed by atoms with Crippen molar-refractivity contribution in [2.75, 3.05) is 0 Å². The molecule has 3 rings (SSSR count). The van der Waals surface area contributed by atoms with Crippen LogP contribution in [-0.4, -0.2) is 11.6 Å². The highest BCUT2D eigenvalue weighted by Gasteiger charge is 2.43. The lowest BCUT2D eigenvalue weighted by Gasteiger charge is -2.31. The number of benzene rings is 1. The van der Waals surface area contributed by atoms with Crippen molar-refractivity contribution in [1.82, 2.24) is 0 Å². The number of carbonyl (C=O) groups is 1. The summed E-state index contributed by atoms with van der Waals surface area (Å²) in [6, 6.07) is 10.0. The fourth-order valence-corrected chi connectivity index (χ4v) is 3.05. The highest BCUT2D eigenvalue weighted by atomic mass is 16.6. The van der Waals surface area contributed by atoms with E-state index in [2.05, 4.69) is 0 Å². The Hall–Kier alpha value is -1.57. The van der Waals surface area contributed by atoms with Gasteiger partial charge in [-0.15, -0.1) is 0 Å². The first kappa shape index (κ1) is 11.5. The zero-order valence-electron chi connectivity index (χ0n) is 10.5. The molecule has 1 heterocycles. The van der Waals surface area contributed by atoms with Crippen molar-refractivity contribution < 1.29 is 9.53 Å². The van der Waals surface area contributed by atoms with Crippen molar-refractivity contribution in [2.45, 2.75) is 44.1 Å². The Kier molecular flexibility index (Phi) is 2.94. The van der Waals surface area contributed by atoms with Gasteiger partial charge >= 0.3 is 5.97 Å². The quantitative estimate of drug-likeness (QED) is 0.554. The maximum Gasteiger partial charge on any atom is 0.334 e. The average Bonchev–Trinajstić information content (AvgIpc) is 2.68. The molecule has 18 heavy (non-hydrogen) atoms. The molecule has 1 aromatic rings. The van der Waals surface area contributed by atoms with Crippen molar-refractivity contribution in [3.8, 4) is 0 Å². The number of rotatable bonds is 1. The van der Waals surface area contributed by atoms with Crippen LogP contribution in [0.4, 0.5) is 0 Å². The van der Waals surface area contributed by atoms with E-state index in [0.29, 0.717) is 0 Å². The van der Waals surface area contributed by atoms with Crippen molar-refractivity contribution in [2.24, 2.45) is 0 Å². The fraction of sp³-hybridized carbons (Fsp3) is 0.438. The maximum absolute atomic E-state index is 12.0. The molecule has 2 aliphatic rings. The Balaban J connectivity index is 1.82. The van der Waals surface area contributed by atoms with E-state index in [1.165, 1.54) is 19.3 Å². The van der Waals surface area contributed by atoms with Crippen LogP contribution in [0.3, 0.4) is 0 Å². The van der Waals surface area contributed by atoms with Crippen LogP contribution in [0.25, 0.3) is 6.08 Å². The van der Waals surface area contributed by atoms with E-state index in [1.54, 1.807) is 0 Å². The topological polar surface area (TPSA) is 26.3 Å². The minimum Gasteiger partial charge on any atom is -0.455 e. The molecule has 0 N–H and O–H groups in total. The molecule has 2 fully saturated rings. The SMILES string of the molecule is O=C1OC2(CCCCC2)C/C1=C/c1ccccc1. The first-order valence-electron chi connectivity index (χ1n) is 6.76. The highest BCUT2D eigenvalue weighted by molar-refractivity contribution is 5.96. The Morgan fingerprint density at radius 1 is 1.06 bits per heavy atom. The number of hydrogen-bond acceptors (Lipinski definition) is 2. The highest BCUT2D eigenvalue weighted by Crippen LogP contribution is 2.42. The van der Waals surface area contributed by atoms with Crippen LogP contribution < -0.4 is 0 Å². The second-order valence-electron chi connectivity index (χ2n) is 5.39. The lowest BCUT2D eigenvalue weighted by molar-refractivity contribution is -0.148. The number of ether oxygens (including phenoxy) is 1. The summed E-state index contributed by atoms with van der Waals surface area (Å²) in [5, 5.41) is 0. The summed E-state index contributed by atoms with van der Waals surface area (Å²) in [5.41, 5.74) is 1.75. The zero-order valence-corrected chi connectivity index (χ0v) is 10.5. The molecule has 0 bridgehead atoms. The van der Waals surface area contributed by atoms with Crippen molar-refractivity contribution in [3.05, 3.63) is 41.5 Å². The van der Waals surface area contributed by atoms with Gasteiger partial charge in [0.05, 0.1) is 0 Å². The van der Waals surface area contributed by atoms with E-state index in [9.17, 15) is 4.79 Å². The fourth-order valence-electron chi connectivity index (χ4n) is 3.05. The maximum atomic E-state index is 12.0. The lowest BCUT2D eigenvalue weighted by Crippen LogP contribution is -2.30. The van der Waals surface area contributed by atoms with Crippen LogP contribution >= 0.6 is 0 Å². The summed E-state index contributed by atoms with van der Waals surface area (Å²) in [7, 11) is 0. The third kappa shape index (κ3) is 2.20. The number of hydrogen-bond donors (Lipinski definition) is 0. The molecule has 0 aromatic heterocycles. The molecule has 94 valence electrons. The van der Waals surface area contributed by atoms with Crippen molar-refractivity contribution >= 4 is 12.0 Å². The third-order valence-electron chi connectivity index (χ3n) is 3.99. The predicted molar refractivity (Wildman–Crippen MR) is 70.9 cm³/mol. The van der Waals surface area contributed by atoms with Crippen molar-refractivity contribution in [3.63, 3.8) is 0 Å². The minimum atomic E-state index is -0.171. The van der Waals surface area contributed by atoms with Gasteiger partial charge in [0.2, 0.25) is 0 Å². The molecular formula is C16H18O2. The summed E-state index contributed by atoms with van der Waals surface area (Å²) < 4.78 is 5.67. The van der Waals surface area contributed by atoms with E-state index in [-0.39, 0.29) is 11.6 Å². The van der Waals surface area contributed by atoms with Crippen LogP contribution in [-0.2, 0) is 9.53 Å². The molecule has 1 aliphatic heterocycles. The Morgan fingerprint density at radius 3 is 2.50 bits per heavy atom. The van der Waals surface area contributed by atoms with Gasteiger partial charge in [-0.25, -0.2) is 4.79 Å². The Labute approximate surface area is 108 Å². The van der Waals surface area contributed by atoms with E-state index < -0.39 is 0 Å². The summed E-state index contributed by atoms with van der Waals surface area (Å²) in [4.78, 5) is 12.0. The average molecular weight is 242 g/mol. The largest absolute Gasteiger partial charge is 0.455 e. The molecule has 1 aliphatic carbocycles. The molecule has 0 atom stereocenters. The standard InChI is InChI=1S/C16H18O2/c17-15-14(11-13-7-3-1-4-8-13)12-16(18-15)9-5-2-6-10-16/h1,3-4,7-8,11H,2,5-6,9-10,12H2/b14-11-. The molecule has 0 unspecified atom stereocenters. The van der Waals surface area contributed by atoms with Crippen LogP contribution in [0.2, 0.25) is 0 Å². The van der Waals surface area contributed by atoms with Crippen LogP contribution in [0.15, 0.2) is 35.9 Å².